The molecule has 2 aliphatic heterocycles. The summed E-state index contributed by atoms with van der Waals surface area (Å²) < 4.78 is 55.5. The van der Waals surface area contributed by atoms with Gasteiger partial charge in [0.25, 0.3) is 0 Å². The third-order valence-electron chi connectivity index (χ3n) is 10.8. The molecule has 0 bridgehead atoms. The third kappa shape index (κ3) is 5.23. The van der Waals surface area contributed by atoms with Crippen LogP contribution >= 0.6 is 0 Å². The van der Waals surface area contributed by atoms with Crippen LogP contribution in [0.25, 0.3) is 50.2 Å². The fourth-order valence-corrected chi connectivity index (χ4v) is 8.29. The topological polar surface area (TPSA) is 21.7 Å². The van der Waals surface area contributed by atoms with Gasteiger partial charge in [0.2, 0.25) is 0 Å². The number of rotatable bonds is 4. The van der Waals surface area contributed by atoms with Gasteiger partial charge in [0.05, 0.1) is 18.8 Å². The first-order valence-corrected chi connectivity index (χ1v) is 17.5. The molecule has 1 saturated heterocycles. The lowest BCUT2D eigenvalue weighted by atomic mass is 9.78. The van der Waals surface area contributed by atoms with Crippen molar-refractivity contribution in [1.82, 2.24) is 0 Å². The van der Waals surface area contributed by atoms with E-state index in [1.165, 1.54) is 17.2 Å². The summed E-state index contributed by atoms with van der Waals surface area (Å²) in [7, 11) is 0. The number of benzene rings is 6. The van der Waals surface area contributed by atoms with Crippen LogP contribution in [0, 0.1) is 0 Å². The molecule has 0 spiro atoms. The molecule has 2 heterocycles. The Bertz CT molecular complexity index is 2340. The molecule has 1 atom stereocenters. The molecular weight excluding hydrogens is 643 g/mol. The van der Waals surface area contributed by atoms with Crippen molar-refractivity contribution in [3.05, 3.63) is 149 Å². The van der Waals surface area contributed by atoms with E-state index in [0.29, 0.717) is 18.8 Å². The van der Waals surface area contributed by atoms with E-state index < -0.39 is 17.2 Å². The Morgan fingerprint density at radius 1 is 0.706 bits per heavy atom. The van der Waals surface area contributed by atoms with Crippen molar-refractivity contribution in [3.63, 3.8) is 0 Å². The van der Waals surface area contributed by atoms with E-state index in [4.69, 9.17) is 9.47 Å². The minimum Gasteiger partial charge on any atom is -0.480 e. The second-order valence-corrected chi connectivity index (χ2v) is 14.1. The molecule has 1 unspecified atom stereocenters. The third-order valence-corrected chi connectivity index (χ3v) is 10.8. The molecule has 3 nitrogen and oxygen atoms in total. The lowest BCUT2D eigenvalue weighted by Gasteiger charge is -2.30. The van der Waals surface area contributed by atoms with Gasteiger partial charge in [0.1, 0.15) is 11.9 Å². The molecule has 0 amide bonds. The van der Waals surface area contributed by atoms with Gasteiger partial charge in [-0.05, 0) is 91.9 Å². The predicted molar refractivity (Wildman–Crippen MR) is 199 cm³/mol. The first kappa shape index (κ1) is 31.6. The average Bonchev–Trinajstić information content (AvgIpc) is 3.41. The van der Waals surface area contributed by atoms with Crippen LogP contribution < -0.4 is 9.64 Å². The highest BCUT2D eigenvalue weighted by Crippen LogP contribution is 2.57. The minimum absolute atomic E-state index is 0.173. The number of hydrogen-bond acceptors (Lipinski definition) is 3. The lowest BCUT2D eigenvalue weighted by molar-refractivity contribution is -0.137. The van der Waals surface area contributed by atoms with Gasteiger partial charge in [-0.25, -0.2) is 0 Å². The number of anilines is 1. The number of morpholine rings is 1. The first-order valence-electron chi connectivity index (χ1n) is 17.5. The van der Waals surface area contributed by atoms with Crippen molar-refractivity contribution in [2.24, 2.45) is 0 Å². The molecule has 6 aromatic carbocycles. The maximum atomic E-state index is 14.4. The highest BCUT2D eigenvalue weighted by Gasteiger charge is 2.41. The standard InChI is InChI=1S/C45H36F3NO2/c1-44(2)39-27-31(30-15-20-38(45(46,47)48)37(26-30)28-12-16-32(17-13-28)49-22-24-50-25-23-49)14-18-35(39)41-33-10-6-7-11-34(33)43-36(42(41)44)19-21-40(51-43)29-8-4-3-5-9-29/h3-21,26-27,40H,22-25H2,1-2H3. The van der Waals surface area contributed by atoms with Gasteiger partial charge < -0.3 is 14.4 Å². The average molecular weight is 680 g/mol. The fraction of sp³-hybridized carbons (Fsp3) is 0.200. The highest BCUT2D eigenvalue weighted by atomic mass is 19.4. The minimum atomic E-state index is -4.49. The Kier molecular flexibility index (Phi) is 7.37. The normalized spacial score (nSPS) is 17.5. The number of halogens is 3. The first-order chi connectivity index (χ1) is 24.7. The smallest absolute Gasteiger partial charge is 0.417 e. The van der Waals surface area contributed by atoms with Gasteiger partial charge in [-0.15, -0.1) is 0 Å². The molecule has 0 saturated carbocycles. The predicted octanol–water partition coefficient (Wildman–Crippen LogP) is 11.5. The molecule has 0 aromatic heterocycles. The maximum Gasteiger partial charge on any atom is 0.417 e. The SMILES string of the molecule is CC1(C)c2cc(-c3ccc(C(F)(F)F)c(-c4ccc(N5CCOCC5)cc4)c3)ccc2-c2c1c1c(c3ccccc23)OC(c2ccccc2)C=C1. The zero-order valence-corrected chi connectivity index (χ0v) is 28.4. The summed E-state index contributed by atoms with van der Waals surface area (Å²) in [6.45, 7) is 7.28. The van der Waals surface area contributed by atoms with Gasteiger partial charge >= 0.3 is 6.18 Å². The maximum absolute atomic E-state index is 14.4. The summed E-state index contributed by atoms with van der Waals surface area (Å²) in [6, 6.07) is 37.0. The van der Waals surface area contributed by atoms with Crippen LogP contribution in [0.3, 0.4) is 0 Å². The van der Waals surface area contributed by atoms with E-state index in [-0.39, 0.29) is 11.7 Å². The molecule has 6 aromatic rings. The summed E-state index contributed by atoms with van der Waals surface area (Å²) in [5, 5.41) is 2.20. The molecule has 0 N–H and O–H groups in total. The second-order valence-electron chi connectivity index (χ2n) is 14.1. The Morgan fingerprint density at radius 3 is 2.12 bits per heavy atom. The summed E-state index contributed by atoms with van der Waals surface area (Å²) >= 11 is 0. The van der Waals surface area contributed by atoms with Gasteiger partial charge in [-0.1, -0.05) is 105 Å². The number of ether oxygens (including phenoxy) is 2. The van der Waals surface area contributed by atoms with Gasteiger partial charge in [-0.2, -0.15) is 13.2 Å². The van der Waals surface area contributed by atoms with Crippen LogP contribution in [-0.2, 0) is 16.3 Å². The van der Waals surface area contributed by atoms with E-state index in [2.05, 4.69) is 79.4 Å². The van der Waals surface area contributed by atoms with Crippen molar-refractivity contribution >= 4 is 22.5 Å². The molecule has 0 radical (unpaired) electrons. The Labute approximate surface area is 295 Å². The molecule has 254 valence electrons. The largest absolute Gasteiger partial charge is 0.480 e. The molecule has 6 heteroatoms. The summed E-state index contributed by atoms with van der Waals surface area (Å²) in [4.78, 5) is 2.20. The van der Waals surface area contributed by atoms with Crippen molar-refractivity contribution in [2.45, 2.75) is 31.5 Å². The molecule has 51 heavy (non-hydrogen) atoms. The molecule has 1 aliphatic carbocycles. The quantitative estimate of drug-likeness (QED) is 0.185. The van der Waals surface area contributed by atoms with Crippen LogP contribution in [0.4, 0.5) is 18.9 Å². The number of fused-ring (bicyclic) bond motifs is 8. The fourth-order valence-electron chi connectivity index (χ4n) is 8.29. The van der Waals surface area contributed by atoms with Crippen molar-refractivity contribution in [3.8, 4) is 39.1 Å². The van der Waals surface area contributed by atoms with E-state index in [1.54, 1.807) is 24.3 Å². The molecule has 9 rings (SSSR count). The van der Waals surface area contributed by atoms with Gasteiger partial charge in [0, 0.05) is 35.1 Å². The van der Waals surface area contributed by atoms with Crippen LogP contribution in [0.2, 0.25) is 0 Å². The number of nitrogens with zero attached hydrogens (tertiary/aromatic N) is 1. The van der Waals surface area contributed by atoms with Crippen LogP contribution in [0.5, 0.6) is 5.75 Å². The van der Waals surface area contributed by atoms with E-state index in [1.807, 2.05) is 36.4 Å². The van der Waals surface area contributed by atoms with E-state index in [0.717, 1.165) is 68.7 Å². The summed E-state index contributed by atoms with van der Waals surface area (Å²) in [5.41, 5.74) is 9.13. The highest BCUT2D eigenvalue weighted by molar-refractivity contribution is 6.08. The summed E-state index contributed by atoms with van der Waals surface area (Å²) in [5.74, 6) is 0.883. The number of hydrogen-bond donors (Lipinski definition) is 0. The Balaban J connectivity index is 1.14. The zero-order chi connectivity index (χ0) is 34.9. The van der Waals surface area contributed by atoms with Gasteiger partial charge in [-0.3, -0.25) is 0 Å². The molecule has 1 fully saturated rings. The van der Waals surface area contributed by atoms with Crippen LogP contribution in [-0.4, -0.2) is 26.3 Å². The van der Waals surface area contributed by atoms with Gasteiger partial charge in [0.15, 0.2) is 0 Å². The van der Waals surface area contributed by atoms with E-state index in [9.17, 15) is 13.2 Å². The van der Waals surface area contributed by atoms with Crippen molar-refractivity contribution < 1.29 is 22.6 Å². The Morgan fingerprint density at radius 2 is 1.37 bits per heavy atom. The monoisotopic (exact) mass is 679 g/mol. The van der Waals surface area contributed by atoms with Crippen molar-refractivity contribution in [2.75, 3.05) is 31.2 Å². The second kappa shape index (κ2) is 11.9. The zero-order valence-electron chi connectivity index (χ0n) is 28.4. The number of alkyl halides is 3. The van der Waals surface area contributed by atoms with Crippen molar-refractivity contribution in [1.29, 1.82) is 0 Å². The van der Waals surface area contributed by atoms with Crippen LogP contribution in [0.1, 0.15) is 47.8 Å². The van der Waals surface area contributed by atoms with E-state index >= 15 is 0 Å². The van der Waals surface area contributed by atoms with Crippen LogP contribution in [0.15, 0.2) is 121 Å². The lowest BCUT2D eigenvalue weighted by Crippen LogP contribution is -2.36. The summed E-state index contributed by atoms with van der Waals surface area (Å²) in [6.07, 6.45) is -0.340. The Hall–Kier alpha value is -5.33. The molecular formula is C45H36F3NO2. The molecule has 3 aliphatic rings.